The van der Waals surface area contributed by atoms with Gasteiger partial charge in [-0.25, -0.2) is 15.3 Å². The monoisotopic (exact) mass is 520 g/mol. The van der Waals surface area contributed by atoms with E-state index in [4.69, 9.17) is 9.94 Å². The summed E-state index contributed by atoms with van der Waals surface area (Å²) in [5.41, 5.74) is 4.48. The lowest BCUT2D eigenvalue weighted by atomic mass is 10.1. The maximum atomic E-state index is 12.3. The predicted molar refractivity (Wildman–Crippen MR) is 142 cm³/mol. The topological polar surface area (TPSA) is 137 Å². The minimum Gasteiger partial charge on any atom is -0.466 e. The fourth-order valence-electron chi connectivity index (χ4n) is 3.68. The number of unbranched alkanes of at least 4 members (excludes halogenated alkanes) is 11. The predicted octanol–water partition coefficient (Wildman–Crippen LogP) is 5.33. The summed E-state index contributed by atoms with van der Waals surface area (Å²) >= 11 is 0. The molecule has 1 aromatic carbocycles. The Morgan fingerprint density at radius 3 is 1.97 bits per heavy atom. The molecular formula is C27H44N4O6. The third kappa shape index (κ3) is 15.6. The van der Waals surface area contributed by atoms with Gasteiger partial charge in [-0.3, -0.25) is 25.0 Å². The van der Waals surface area contributed by atoms with Crippen molar-refractivity contribution in [1.29, 1.82) is 0 Å². The van der Waals surface area contributed by atoms with Gasteiger partial charge < -0.3 is 10.1 Å². The Bertz CT molecular complexity index is 831. The Labute approximate surface area is 220 Å². The van der Waals surface area contributed by atoms with Crippen molar-refractivity contribution in [2.75, 3.05) is 19.0 Å². The average Bonchev–Trinajstić information content (AvgIpc) is 2.88. The number of amides is 4. The Morgan fingerprint density at radius 1 is 0.811 bits per heavy atom. The number of urea groups is 1. The summed E-state index contributed by atoms with van der Waals surface area (Å²) in [7, 11) is 1.10. The third-order valence-electron chi connectivity index (χ3n) is 5.84. The standard InChI is InChI=1S/C27H44N4O6/c1-3-4-5-6-7-8-9-10-11-12-13-16-21-37-25(33)20-19-24(32)28-23-18-15-14-17-22(23)26(34)29-30-27(35)31(2)36/h14-15,17-18,36H,3-13,16,19-21H2,1-2H3,(H,28,32)(H,29,34)(H,30,35). The maximum Gasteiger partial charge on any atom is 0.359 e. The van der Waals surface area contributed by atoms with E-state index < -0.39 is 23.8 Å². The van der Waals surface area contributed by atoms with Crippen molar-refractivity contribution in [3.05, 3.63) is 29.8 Å². The van der Waals surface area contributed by atoms with Gasteiger partial charge in [0.2, 0.25) is 5.91 Å². The van der Waals surface area contributed by atoms with Gasteiger partial charge in [-0.1, -0.05) is 89.7 Å². The quantitative estimate of drug-likeness (QED) is 0.0894. The number of para-hydroxylation sites is 1. The van der Waals surface area contributed by atoms with Crippen LogP contribution in [0.25, 0.3) is 0 Å². The van der Waals surface area contributed by atoms with Crippen molar-refractivity contribution in [1.82, 2.24) is 15.9 Å². The van der Waals surface area contributed by atoms with Gasteiger partial charge in [0, 0.05) is 13.5 Å². The van der Waals surface area contributed by atoms with Crippen LogP contribution in [0.5, 0.6) is 0 Å². The zero-order valence-corrected chi connectivity index (χ0v) is 22.4. The largest absolute Gasteiger partial charge is 0.466 e. The highest BCUT2D eigenvalue weighted by Gasteiger charge is 2.15. The van der Waals surface area contributed by atoms with E-state index in [2.05, 4.69) is 17.7 Å². The molecule has 10 heteroatoms. The van der Waals surface area contributed by atoms with Crippen molar-refractivity contribution in [2.24, 2.45) is 0 Å². The molecule has 0 spiro atoms. The number of carbonyl (C=O) groups is 4. The van der Waals surface area contributed by atoms with E-state index in [0.717, 1.165) is 26.3 Å². The minimum atomic E-state index is -0.933. The Morgan fingerprint density at radius 2 is 1.38 bits per heavy atom. The first-order chi connectivity index (χ1) is 17.8. The van der Waals surface area contributed by atoms with Crippen molar-refractivity contribution in [3.8, 4) is 0 Å². The number of esters is 1. The van der Waals surface area contributed by atoms with Crippen LogP contribution >= 0.6 is 0 Å². The fourth-order valence-corrected chi connectivity index (χ4v) is 3.68. The van der Waals surface area contributed by atoms with Crippen LogP contribution in [0, 0.1) is 0 Å². The molecule has 1 aromatic rings. The average molecular weight is 521 g/mol. The number of hydroxylamine groups is 2. The number of hydrogen-bond acceptors (Lipinski definition) is 6. The fraction of sp³-hybridized carbons (Fsp3) is 0.630. The second kappa shape index (κ2) is 20.0. The second-order valence-corrected chi connectivity index (χ2v) is 9.11. The number of ether oxygens (including phenoxy) is 1. The Balaban J connectivity index is 2.17. The van der Waals surface area contributed by atoms with Gasteiger partial charge in [-0.15, -0.1) is 0 Å². The highest BCUT2D eigenvalue weighted by atomic mass is 16.5. The van der Waals surface area contributed by atoms with Crippen LogP contribution in [0.3, 0.4) is 0 Å². The third-order valence-corrected chi connectivity index (χ3v) is 5.84. The van der Waals surface area contributed by atoms with Gasteiger partial charge in [-0.05, 0) is 18.6 Å². The zero-order valence-electron chi connectivity index (χ0n) is 22.4. The minimum absolute atomic E-state index is 0.0582. The highest BCUT2D eigenvalue weighted by Crippen LogP contribution is 2.16. The first kappa shape index (κ1) is 31.9. The number of nitrogens with zero attached hydrogens (tertiary/aromatic N) is 1. The molecule has 4 N–H and O–H groups in total. The molecular weight excluding hydrogens is 476 g/mol. The van der Waals surface area contributed by atoms with E-state index in [0.29, 0.717) is 6.61 Å². The molecule has 0 unspecified atom stereocenters. The number of hydrogen-bond donors (Lipinski definition) is 4. The normalized spacial score (nSPS) is 10.5. The van der Waals surface area contributed by atoms with E-state index in [-0.39, 0.29) is 29.2 Å². The second-order valence-electron chi connectivity index (χ2n) is 9.11. The lowest BCUT2D eigenvalue weighted by Crippen LogP contribution is -2.46. The summed E-state index contributed by atoms with van der Waals surface area (Å²) in [5.74, 6) is -1.56. The molecule has 0 aliphatic heterocycles. The Kier molecular flexibility index (Phi) is 17.2. The zero-order chi connectivity index (χ0) is 27.3. The summed E-state index contributed by atoms with van der Waals surface area (Å²) in [5, 5.41) is 11.9. The molecule has 10 nitrogen and oxygen atoms in total. The van der Waals surface area contributed by atoms with Crippen molar-refractivity contribution in [3.63, 3.8) is 0 Å². The highest BCUT2D eigenvalue weighted by molar-refractivity contribution is 6.04. The first-order valence-corrected chi connectivity index (χ1v) is 13.4. The number of carbonyl (C=O) groups excluding carboxylic acids is 4. The van der Waals surface area contributed by atoms with Crippen LogP contribution in [0.1, 0.15) is 107 Å². The number of anilines is 1. The van der Waals surface area contributed by atoms with Crippen molar-refractivity contribution >= 4 is 29.5 Å². The van der Waals surface area contributed by atoms with Gasteiger partial charge in [0.25, 0.3) is 5.91 Å². The van der Waals surface area contributed by atoms with Gasteiger partial charge in [0.05, 0.1) is 24.3 Å². The van der Waals surface area contributed by atoms with Crippen molar-refractivity contribution < 1.29 is 29.1 Å². The number of nitrogens with one attached hydrogen (secondary N) is 3. The molecule has 0 atom stereocenters. The van der Waals surface area contributed by atoms with Crippen LogP contribution in [-0.4, -0.2) is 47.7 Å². The number of rotatable bonds is 18. The molecule has 37 heavy (non-hydrogen) atoms. The number of benzene rings is 1. The molecule has 4 amide bonds. The molecule has 0 fully saturated rings. The van der Waals surface area contributed by atoms with Gasteiger partial charge in [0.15, 0.2) is 0 Å². The molecule has 0 saturated heterocycles. The smallest absolute Gasteiger partial charge is 0.359 e. The molecule has 0 aliphatic rings. The number of hydrazine groups is 1. The lowest BCUT2D eigenvalue weighted by Gasteiger charge is -2.13. The van der Waals surface area contributed by atoms with Crippen LogP contribution in [0.15, 0.2) is 24.3 Å². The van der Waals surface area contributed by atoms with E-state index in [1.54, 1.807) is 12.1 Å². The van der Waals surface area contributed by atoms with Gasteiger partial charge >= 0.3 is 12.0 Å². The lowest BCUT2D eigenvalue weighted by molar-refractivity contribution is -0.144. The van der Waals surface area contributed by atoms with Crippen LogP contribution in [0.2, 0.25) is 0 Å². The molecule has 0 radical (unpaired) electrons. The summed E-state index contributed by atoms with van der Waals surface area (Å²) in [4.78, 5) is 47.9. The molecule has 208 valence electrons. The van der Waals surface area contributed by atoms with Crippen LogP contribution in [0.4, 0.5) is 10.5 Å². The van der Waals surface area contributed by atoms with Gasteiger partial charge in [0.1, 0.15) is 0 Å². The van der Waals surface area contributed by atoms with E-state index >= 15 is 0 Å². The summed E-state index contributed by atoms with van der Waals surface area (Å²) in [6.07, 6.45) is 14.7. The van der Waals surface area contributed by atoms with Gasteiger partial charge in [-0.2, -0.15) is 0 Å². The SMILES string of the molecule is CCCCCCCCCCCCCCOC(=O)CCC(=O)Nc1ccccc1C(=O)NNC(=O)N(C)O. The molecule has 0 saturated carbocycles. The molecule has 0 aliphatic carbocycles. The molecule has 0 bridgehead atoms. The summed E-state index contributed by atoms with van der Waals surface area (Å²) < 4.78 is 5.22. The maximum absolute atomic E-state index is 12.3. The van der Waals surface area contributed by atoms with Crippen molar-refractivity contribution in [2.45, 2.75) is 96.8 Å². The molecule has 0 heterocycles. The summed E-state index contributed by atoms with van der Waals surface area (Å²) in [6, 6.07) is 5.28. The van der Waals surface area contributed by atoms with Crippen LogP contribution < -0.4 is 16.2 Å². The van der Waals surface area contributed by atoms with Crippen LogP contribution in [-0.2, 0) is 14.3 Å². The van der Waals surface area contributed by atoms with E-state index in [1.165, 1.54) is 69.9 Å². The molecule has 1 rings (SSSR count). The Hall–Kier alpha value is -3.14. The molecule has 0 aromatic heterocycles. The summed E-state index contributed by atoms with van der Waals surface area (Å²) in [6.45, 7) is 2.59. The van der Waals surface area contributed by atoms with E-state index in [9.17, 15) is 19.2 Å². The van der Waals surface area contributed by atoms with E-state index in [1.807, 2.05) is 5.43 Å². The first-order valence-electron chi connectivity index (χ1n) is 13.4.